The average molecular weight is 502 g/mol. The summed E-state index contributed by atoms with van der Waals surface area (Å²) < 4.78 is 35.0. The fourth-order valence-corrected chi connectivity index (χ4v) is 6.58. The van der Waals surface area contributed by atoms with E-state index in [0.717, 1.165) is 43.9 Å². The third-order valence-corrected chi connectivity index (χ3v) is 8.44. The number of nitrogens with zero attached hydrogens (tertiary/aromatic N) is 2. The van der Waals surface area contributed by atoms with Crippen molar-refractivity contribution in [2.24, 2.45) is 4.40 Å². The highest BCUT2D eigenvalue weighted by Crippen LogP contribution is 2.36. The van der Waals surface area contributed by atoms with Crippen LogP contribution in [-0.4, -0.2) is 48.7 Å². The Hall–Kier alpha value is -2.85. The summed E-state index contributed by atoms with van der Waals surface area (Å²) in [6.45, 7) is 0. The topological polar surface area (TPSA) is 105 Å². The van der Waals surface area contributed by atoms with Crippen LogP contribution in [0.2, 0.25) is 0 Å². The predicted octanol–water partition coefficient (Wildman–Crippen LogP) is 4.05. The lowest BCUT2D eigenvalue weighted by molar-refractivity contribution is -0.130. The zero-order valence-electron chi connectivity index (χ0n) is 18.8. The lowest BCUT2D eigenvalue weighted by Crippen LogP contribution is -2.42. The fraction of sp³-hybridized carbons (Fsp3) is 0.375. The van der Waals surface area contributed by atoms with Crippen molar-refractivity contribution in [3.05, 3.63) is 54.6 Å². The van der Waals surface area contributed by atoms with Gasteiger partial charge in [-0.3, -0.25) is 14.5 Å². The summed E-state index contributed by atoms with van der Waals surface area (Å²) in [6, 6.07) is 14.7. The van der Waals surface area contributed by atoms with Gasteiger partial charge < -0.3 is 10.1 Å². The Bertz CT molecular complexity index is 1160. The highest BCUT2D eigenvalue weighted by atomic mass is 32.2. The molecule has 2 aliphatic rings. The maximum Gasteiger partial charge on any atom is 0.284 e. The molecule has 0 aromatic heterocycles. The second-order valence-corrected chi connectivity index (χ2v) is 11.0. The molecule has 180 valence electrons. The van der Waals surface area contributed by atoms with Crippen LogP contribution in [0.4, 0.5) is 5.69 Å². The number of thioether (sulfide) groups is 1. The molecule has 1 unspecified atom stereocenters. The van der Waals surface area contributed by atoms with Gasteiger partial charge in [0.05, 0.1) is 12.0 Å². The van der Waals surface area contributed by atoms with Crippen LogP contribution in [0.3, 0.4) is 0 Å². The second-order valence-electron chi connectivity index (χ2n) is 8.25. The van der Waals surface area contributed by atoms with Gasteiger partial charge in [-0.2, -0.15) is 8.42 Å². The van der Waals surface area contributed by atoms with Crippen LogP contribution in [0.15, 0.2) is 63.9 Å². The summed E-state index contributed by atoms with van der Waals surface area (Å²) in [5, 5.41) is 2.21. The first-order valence-corrected chi connectivity index (χ1v) is 13.5. The number of methoxy groups -OCH3 is 1. The van der Waals surface area contributed by atoms with Crippen LogP contribution in [0.25, 0.3) is 0 Å². The number of nitrogens with one attached hydrogen (secondary N) is 1. The summed E-state index contributed by atoms with van der Waals surface area (Å²) >= 11 is 1.05. The Kier molecular flexibility index (Phi) is 7.57. The third-order valence-electron chi connectivity index (χ3n) is 5.89. The lowest BCUT2D eigenvalue weighted by atomic mass is 9.94. The molecule has 1 saturated heterocycles. The van der Waals surface area contributed by atoms with Gasteiger partial charge >= 0.3 is 0 Å². The van der Waals surface area contributed by atoms with Gasteiger partial charge in [0.2, 0.25) is 11.8 Å². The van der Waals surface area contributed by atoms with E-state index in [-0.39, 0.29) is 34.3 Å². The minimum Gasteiger partial charge on any atom is -0.497 e. The predicted molar refractivity (Wildman–Crippen MR) is 132 cm³/mol. The number of hydrogen-bond acceptors (Lipinski definition) is 6. The molecular formula is C24H27N3O5S2. The zero-order valence-corrected chi connectivity index (χ0v) is 20.5. The quantitative estimate of drug-likeness (QED) is 0.614. The van der Waals surface area contributed by atoms with Gasteiger partial charge in [-0.25, -0.2) is 0 Å². The number of sulfonamides is 1. The molecule has 2 aromatic rings. The van der Waals surface area contributed by atoms with Gasteiger partial charge in [0.15, 0.2) is 5.17 Å². The molecule has 8 nitrogen and oxygen atoms in total. The van der Waals surface area contributed by atoms with Crippen LogP contribution in [0, 0.1) is 0 Å². The molecule has 0 radical (unpaired) electrons. The van der Waals surface area contributed by atoms with E-state index in [1.807, 2.05) is 0 Å². The number of amidine groups is 1. The molecule has 2 amide bonds. The Balaban J connectivity index is 1.54. The zero-order chi connectivity index (χ0) is 24.1. The molecular weight excluding hydrogens is 474 g/mol. The van der Waals surface area contributed by atoms with E-state index in [1.165, 1.54) is 17.0 Å². The van der Waals surface area contributed by atoms with Gasteiger partial charge in [0.1, 0.15) is 11.0 Å². The lowest BCUT2D eigenvalue weighted by Gasteiger charge is -2.30. The molecule has 4 rings (SSSR count). The number of hydrogen-bond donors (Lipinski definition) is 1. The first kappa shape index (κ1) is 24.3. The molecule has 1 N–H and O–H groups in total. The van der Waals surface area contributed by atoms with Gasteiger partial charge in [-0.1, -0.05) is 49.2 Å². The second kappa shape index (κ2) is 10.6. The Morgan fingerprint density at radius 1 is 1.09 bits per heavy atom. The smallest absolute Gasteiger partial charge is 0.284 e. The molecule has 1 heterocycles. The number of amides is 2. The molecule has 2 fully saturated rings. The summed E-state index contributed by atoms with van der Waals surface area (Å²) in [7, 11) is -2.42. The van der Waals surface area contributed by atoms with E-state index in [1.54, 1.807) is 49.6 Å². The molecule has 1 atom stereocenters. The molecule has 0 bridgehead atoms. The molecule has 1 aliphatic carbocycles. The van der Waals surface area contributed by atoms with E-state index >= 15 is 0 Å². The van der Waals surface area contributed by atoms with Gasteiger partial charge in [-0.15, -0.1) is 4.40 Å². The monoisotopic (exact) mass is 501 g/mol. The Morgan fingerprint density at radius 2 is 1.76 bits per heavy atom. The highest BCUT2D eigenvalue weighted by Gasteiger charge is 2.43. The van der Waals surface area contributed by atoms with Crippen molar-refractivity contribution in [3.63, 3.8) is 0 Å². The van der Waals surface area contributed by atoms with E-state index in [4.69, 9.17) is 4.74 Å². The van der Waals surface area contributed by atoms with Crippen LogP contribution in [0.5, 0.6) is 5.75 Å². The van der Waals surface area contributed by atoms with Gasteiger partial charge in [0.25, 0.3) is 10.0 Å². The molecule has 1 aliphatic heterocycles. The van der Waals surface area contributed by atoms with Crippen LogP contribution in [0.1, 0.15) is 38.5 Å². The molecule has 0 spiro atoms. The summed E-state index contributed by atoms with van der Waals surface area (Å²) in [6.07, 6.45) is 4.54. The van der Waals surface area contributed by atoms with Crippen LogP contribution >= 0.6 is 11.8 Å². The van der Waals surface area contributed by atoms with E-state index in [9.17, 15) is 18.0 Å². The first-order chi connectivity index (χ1) is 16.4. The van der Waals surface area contributed by atoms with Crippen molar-refractivity contribution in [1.29, 1.82) is 0 Å². The highest BCUT2D eigenvalue weighted by molar-refractivity contribution is 8.16. The Morgan fingerprint density at radius 3 is 2.41 bits per heavy atom. The van der Waals surface area contributed by atoms with Gasteiger partial charge in [-0.05, 0) is 49.2 Å². The van der Waals surface area contributed by atoms with Crippen molar-refractivity contribution in [1.82, 2.24) is 4.90 Å². The number of carbonyl (C=O) groups excluding carboxylic acids is 2. The van der Waals surface area contributed by atoms with E-state index < -0.39 is 15.3 Å². The largest absolute Gasteiger partial charge is 0.497 e. The van der Waals surface area contributed by atoms with Crippen LogP contribution < -0.4 is 10.1 Å². The number of anilines is 1. The molecule has 10 heteroatoms. The third kappa shape index (κ3) is 5.61. The summed E-state index contributed by atoms with van der Waals surface area (Å²) in [5.74, 6) is 0.0821. The summed E-state index contributed by atoms with van der Waals surface area (Å²) in [4.78, 5) is 27.6. The average Bonchev–Trinajstić information content (AvgIpc) is 3.14. The standard InChI is InChI=1S/C24H27N3O5S2/c1-32-19-14-12-17(13-15-19)25-22(28)16-21-23(29)27(18-8-4-2-5-9-18)24(33-21)26-34(30,31)20-10-6-3-7-11-20/h3,6-7,10-15,18,21H,2,4-5,8-9,16H2,1H3,(H,25,28). The van der Waals surface area contributed by atoms with Crippen LogP contribution in [-0.2, 0) is 19.6 Å². The minimum atomic E-state index is -3.98. The number of ether oxygens (including phenoxy) is 1. The first-order valence-electron chi connectivity index (χ1n) is 11.2. The van der Waals surface area contributed by atoms with Crippen molar-refractivity contribution in [3.8, 4) is 5.75 Å². The van der Waals surface area contributed by atoms with Crippen molar-refractivity contribution < 1.29 is 22.7 Å². The minimum absolute atomic E-state index is 0.0693. The van der Waals surface area contributed by atoms with Crippen molar-refractivity contribution in [2.45, 2.75) is 54.7 Å². The molecule has 34 heavy (non-hydrogen) atoms. The van der Waals surface area contributed by atoms with Crippen molar-refractivity contribution in [2.75, 3.05) is 12.4 Å². The van der Waals surface area contributed by atoms with Gasteiger partial charge in [0, 0.05) is 18.2 Å². The van der Waals surface area contributed by atoms with E-state index in [0.29, 0.717) is 11.4 Å². The van der Waals surface area contributed by atoms with Crippen molar-refractivity contribution >= 4 is 44.5 Å². The normalized spacial score (nSPS) is 20.5. The fourth-order valence-electron chi connectivity index (χ4n) is 4.16. The summed E-state index contributed by atoms with van der Waals surface area (Å²) in [5.41, 5.74) is 0.589. The van der Waals surface area contributed by atoms with E-state index in [2.05, 4.69) is 9.71 Å². The SMILES string of the molecule is COc1ccc(NC(=O)CC2SC(=NS(=O)(=O)c3ccccc3)N(C3CCCCC3)C2=O)cc1. The number of rotatable bonds is 7. The maximum atomic E-state index is 13.3. The molecule has 1 saturated carbocycles. The number of benzene rings is 2. The molecule has 2 aromatic carbocycles. The number of carbonyl (C=O) groups is 2. The Labute approximate surface area is 203 Å². The maximum absolute atomic E-state index is 13.3.